The monoisotopic (exact) mass is 197 g/mol. The van der Waals surface area contributed by atoms with Gasteiger partial charge in [0, 0.05) is 12.6 Å². The first-order chi connectivity index (χ1) is 6.63. The summed E-state index contributed by atoms with van der Waals surface area (Å²) in [5.74, 6) is 0.0668. The zero-order valence-electron chi connectivity index (χ0n) is 9.21. The maximum atomic E-state index is 11.6. The molecule has 14 heavy (non-hydrogen) atoms. The second-order valence-corrected chi connectivity index (χ2v) is 3.37. The van der Waals surface area contributed by atoms with Crippen LogP contribution in [0.3, 0.4) is 0 Å². The lowest BCUT2D eigenvalue weighted by Crippen LogP contribution is -2.42. The third-order valence-corrected chi connectivity index (χ3v) is 1.93. The molecule has 0 aliphatic rings. The van der Waals surface area contributed by atoms with Gasteiger partial charge in [0.25, 0.3) is 0 Å². The highest BCUT2D eigenvalue weighted by atomic mass is 16.2. The van der Waals surface area contributed by atoms with Gasteiger partial charge in [-0.3, -0.25) is 4.79 Å². The van der Waals surface area contributed by atoms with E-state index in [1.807, 2.05) is 26.8 Å². The highest BCUT2D eigenvalue weighted by Gasteiger charge is 2.15. The SMILES string of the molecule is CCNCC(=O)N(CCC#N)C(C)C. The molecule has 0 bridgehead atoms. The van der Waals surface area contributed by atoms with Gasteiger partial charge in [-0.05, 0) is 20.4 Å². The average molecular weight is 197 g/mol. The number of hydrogen-bond donors (Lipinski definition) is 1. The summed E-state index contributed by atoms with van der Waals surface area (Å²) in [5, 5.41) is 11.4. The van der Waals surface area contributed by atoms with Gasteiger partial charge in [-0.1, -0.05) is 6.92 Å². The molecule has 80 valence electrons. The Hall–Kier alpha value is -1.08. The van der Waals surface area contributed by atoms with Crippen LogP contribution in [-0.4, -0.2) is 36.5 Å². The summed E-state index contributed by atoms with van der Waals surface area (Å²) in [5.41, 5.74) is 0. The molecule has 0 aliphatic heterocycles. The summed E-state index contributed by atoms with van der Waals surface area (Å²) in [7, 11) is 0. The Morgan fingerprint density at radius 1 is 1.57 bits per heavy atom. The summed E-state index contributed by atoms with van der Waals surface area (Å²) in [6.45, 7) is 7.55. The number of carbonyl (C=O) groups is 1. The first-order valence-corrected chi connectivity index (χ1v) is 5.00. The minimum Gasteiger partial charge on any atom is -0.338 e. The highest BCUT2D eigenvalue weighted by molar-refractivity contribution is 5.78. The molecule has 1 N–H and O–H groups in total. The molecule has 0 saturated carbocycles. The maximum absolute atomic E-state index is 11.6. The lowest BCUT2D eigenvalue weighted by atomic mass is 10.3. The molecule has 0 heterocycles. The summed E-state index contributed by atoms with van der Waals surface area (Å²) in [4.78, 5) is 13.3. The van der Waals surface area contributed by atoms with E-state index in [1.54, 1.807) is 4.90 Å². The Balaban J connectivity index is 4.06. The quantitative estimate of drug-likeness (QED) is 0.683. The molecule has 0 rings (SSSR count). The number of rotatable bonds is 6. The van der Waals surface area contributed by atoms with E-state index in [9.17, 15) is 4.79 Å². The second kappa shape index (κ2) is 7.34. The van der Waals surface area contributed by atoms with Crippen LogP contribution in [0.4, 0.5) is 0 Å². The smallest absolute Gasteiger partial charge is 0.236 e. The van der Waals surface area contributed by atoms with Crippen LogP contribution in [-0.2, 0) is 4.79 Å². The Bertz CT molecular complexity index is 208. The molecule has 0 aromatic carbocycles. The topological polar surface area (TPSA) is 56.1 Å². The number of likely N-dealkylation sites (N-methyl/N-ethyl adjacent to an activating group) is 1. The van der Waals surface area contributed by atoms with Crippen LogP contribution >= 0.6 is 0 Å². The number of hydrogen-bond acceptors (Lipinski definition) is 3. The van der Waals surface area contributed by atoms with Gasteiger partial charge >= 0.3 is 0 Å². The van der Waals surface area contributed by atoms with Crippen molar-refractivity contribution in [3.8, 4) is 6.07 Å². The van der Waals surface area contributed by atoms with Gasteiger partial charge in [0.1, 0.15) is 0 Å². The largest absolute Gasteiger partial charge is 0.338 e. The molecule has 0 aromatic rings. The van der Waals surface area contributed by atoms with Crippen molar-refractivity contribution in [1.29, 1.82) is 5.26 Å². The van der Waals surface area contributed by atoms with Gasteiger partial charge in [0.15, 0.2) is 0 Å². The molecule has 0 saturated heterocycles. The van der Waals surface area contributed by atoms with Crippen molar-refractivity contribution in [2.75, 3.05) is 19.6 Å². The molecule has 0 unspecified atom stereocenters. The van der Waals surface area contributed by atoms with E-state index in [0.29, 0.717) is 19.5 Å². The minimum absolute atomic E-state index is 0.0668. The van der Waals surface area contributed by atoms with Crippen molar-refractivity contribution in [3.05, 3.63) is 0 Å². The van der Waals surface area contributed by atoms with Gasteiger partial charge in [-0.15, -0.1) is 0 Å². The predicted octanol–water partition coefficient (Wildman–Crippen LogP) is 0.747. The number of carbonyl (C=O) groups excluding carboxylic acids is 1. The molecule has 0 aliphatic carbocycles. The Kier molecular flexibility index (Phi) is 6.77. The highest BCUT2D eigenvalue weighted by Crippen LogP contribution is 1.99. The molecule has 0 fully saturated rings. The van der Waals surface area contributed by atoms with Crippen LogP contribution in [0.2, 0.25) is 0 Å². The molecule has 0 radical (unpaired) electrons. The van der Waals surface area contributed by atoms with Crippen molar-refractivity contribution < 1.29 is 4.79 Å². The van der Waals surface area contributed by atoms with Crippen LogP contribution in [0.5, 0.6) is 0 Å². The van der Waals surface area contributed by atoms with Crippen LogP contribution < -0.4 is 5.32 Å². The van der Waals surface area contributed by atoms with Crippen molar-refractivity contribution in [3.63, 3.8) is 0 Å². The number of nitrogens with zero attached hydrogens (tertiary/aromatic N) is 2. The molecular formula is C10H19N3O. The maximum Gasteiger partial charge on any atom is 0.236 e. The van der Waals surface area contributed by atoms with Crippen LogP contribution in [0, 0.1) is 11.3 Å². The fraction of sp³-hybridized carbons (Fsp3) is 0.800. The van der Waals surface area contributed by atoms with E-state index in [4.69, 9.17) is 5.26 Å². The zero-order valence-corrected chi connectivity index (χ0v) is 9.21. The van der Waals surface area contributed by atoms with E-state index in [2.05, 4.69) is 5.32 Å². The van der Waals surface area contributed by atoms with E-state index >= 15 is 0 Å². The predicted molar refractivity (Wildman–Crippen MR) is 55.6 cm³/mol. The minimum atomic E-state index is 0.0668. The van der Waals surface area contributed by atoms with Crippen molar-refractivity contribution >= 4 is 5.91 Å². The van der Waals surface area contributed by atoms with Gasteiger partial charge in [-0.2, -0.15) is 5.26 Å². The first-order valence-electron chi connectivity index (χ1n) is 5.00. The van der Waals surface area contributed by atoms with Gasteiger partial charge < -0.3 is 10.2 Å². The number of nitrogens with one attached hydrogen (secondary N) is 1. The lowest BCUT2D eigenvalue weighted by Gasteiger charge is -2.25. The lowest BCUT2D eigenvalue weighted by molar-refractivity contribution is -0.131. The third-order valence-electron chi connectivity index (χ3n) is 1.93. The Morgan fingerprint density at radius 2 is 2.21 bits per heavy atom. The van der Waals surface area contributed by atoms with Crippen LogP contribution in [0.15, 0.2) is 0 Å². The van der Waals surface area contributed by atoms with Gasteiger partial charge in [0.05, 0.1) is 19.0 Å². The third kappa shape index (κ3) is 4.83. The normalized spacial score (nSPS) is 9.93. The van der Waals surface area contributed by atoms with Gasteiger partial charge in [-0.25, -0.2) is 0 Å². The fourth-order valence-corrected chi connectivity index (χ4v) is 1.17. The number of amides is 1. The molecule has 4 nitrogen and oxygen atoms in total. The van der Waals surface area contributed by atoms with Crippen LogP contribution in [0.1, 0.15) is 27.2 Å². The Labute approximate surface area is 85.9 Å². The molecule has 4 heteroatoms. The molecule has 0 aromatic heterocycles. The second-order valence-electron chi connectivity index (χ2n) is 3.37. The van der Waals surface area contributed by atoms with Crippen molar-refractivity contribution in [2.45, 2.75) is 33.2 Å². The molecular weight excluding hydrogens is 178 g/mol. The zero-order chi connectivity index (χ0) is 11.0. The van der Waals surface area contributed by atoms with Crippen molar-refractivity contribution in [2.24, 2.45) is 0 Å². The summed E-state index contributed by atoms with van der Waals surface area (Å²) >= 11 is 0. The summed E-state index contributed by atoms with van der Waals surface area (Å²) in [6, 6.07) is 2.21. The van der Waals surface area contributed by atoms with E-state index < -0.39 is 0 Å². The Morgan fingerprint density at radius 3 is 2.64 bits per heavy atom. The fourth-order valence-electron chi connectivity index (χ4n) is 1.17. The average Bonchev–Trinajstić information content (AvgIpc) is 2.14. The molecule has 0 spiro atoms. The summed E-state index contributed by atoms with van der Waals surface area (Å²) < 4.78 is 0. The van der Waals surface area contributed by atoms with Gasteiger partial charge in [0.2, 0.25) is 5.91 Å². The van der Waals surface area contributed by atoms with Crippen molar-refractivity contribution in [1.82, 2.24) is 10.2 Å². The standard InChI is InChI=1S/C10H19N3O/c1-4-12-8-10(14)13(9(2)3)7-5-6-11/h9,12H,4-5,7-8H2,1-3H3. The van der Waals surface area contributed by atoms with E-state index in [0.717, 1.165) is 6.54 Å². The first kappa shape index (κ1) is 12.9. The van der Waals surface area contributed by atoms with E-state index in [1.165, 1.54) is 0 Å². The molecule has 1 amide bonds. The van der Waals surface area contributed by atoms with Crippen LogP contribution in [0.25, 0.3) is 0 Å². The van der Waals surface area contributed by atoms with E-state index in [-0.39, 0.29) is 11.9 Å². The summed E-state index contributed by atoms with van der Waals surface area (Å²) in [6.07, 6.45) is 0.399. The molecule has 0 atom stereocenters. The number of nitriles is 1.